The first-order chi connectivity index (χ1) is 9.45. The molecule has 2 heterocycles. The number of hydrogen-bond donors (Lipinski definition) is 1. The fourth-order valence-corrected chi connectivity index (χ4v) is 2.51. The fourth-order valence-electron chi connectivity index (χ4n) is 2.17. The lowest BCUT2D eigenvalue weighted by atomic mass is 10.2. The number of hydrogen-bond acceptors (Lipinski definition) is 4. The molecule has 0 spiro atoms. The predicted octanol–water partition coefficient (Wildman–Crippen LogP) is 2.46. The molecular formula is C13H19N5OS. The molecule has 2 aromatic rings. The summed E-state index contributed by atoms with van der Waals surface area (Å²) in [5.74, 6) is 0.574. The van der Waals surface area contributed by atoms with Gasteiger partial charge in [-0.2, -0.15) is 10.2 Å². The van der Waals surface area contributed by atoms with Gasteiger partial charge in [-0.1, -0.05) is 6.92 Å². The molecule has 0 unspecified atom stereocenters. The van der Waals surface area contributed by atoms with Gasteiger partial charge in [0.1, 0.15) is 0 Å². The van der Waals surface area contributed by atoms with E-state index in [4.69, 9.17) is 12.2 Å². The Morgan fingerprint density at radius 2 is 2.15 bits per heavy atom. The summed E-state index contributed by atoms with van der Waals surface area (Å²) in [5.41, 5.74) is 1.19. The van der Waals surface area contributed by atoms with Crippen LogP contribution >= 0.6 is 12.2 Å². The molecule has 1 N–H and O–H groups in total. The Hall–Kier alpha value is -1.76. The normalized spacial score (nSPS) is 11.2. The number of rotatable bonds is 4. The van der Waals surface area contributed by atoms with Gasteiger partial charge in [-0.3, -0.25) is 14.5 Å². The molecule has 0 saturated carbocycles. The van der Waals surface area contributed by atoms with Crippen molar-refractivity contribution in [3.05, 3.63) is 26.9 Å². The van der Waals surface area contributed by atoms with E-state index in [2.05, 4.69) is 15.3 Å². The van der Waals surface area contributed by atoms with Gasteiger partial charge >= 0.3 is 0 Å². The van der Waals surface area contributed by atoms with Crippen molar-refractivity contribution < 1.29 is 0 Å². The summed E-state index contributed by atoms with van der Waals surface area (Å²) >= 11 is 5.23. The maximum atomic E-state index is 12.5. The highest BCUT2D eigenvalue weighted by atomic mass is 32.1. The average Bonchev–Trinajstić information content (AvgIpc) is 2.75. The van der Waals surface area contributed by atoms with E-state index in [1.807, 2.05) is 32.3 Å². The molecule has 20 heavy (non-hydrogen) atoms. The summed E-state index contributed by atoms with van der Waals surface area (Å²) in [6, 6.07) is 1.89. The molecule has 108 valence electrons. The molecule has 0 aliphatic heterocycles. The summed E-state index contributed by atoms with van der Waals surface area (Å²) in [6.07, 6.45) is 0.854. The van der Waals surface area contributed by atoms with E-state index in [0.29, 0.717) is 22.7 Å². The molecule has 7 heteroatoms. The highest BCUT2D eigenvalue weighted by molar-refractivity contribution is 7.71. The van der Waals surface area contributed by atoms with Crippen LogP contribution in [0.15, 0.2) is 10.9 Å². The second-order valence-corrected chi connectivity index (χ2v) is 5.43. The summed E-state index contributed by atoms with van der Waals surface area (Å²) in [6.45, 7) is 8.50. The van der Waals surface area contributed by atoms with Crippen molar-refractivity contribution in [3.63, 3.8) is 0 Å². The summed E-state index contributed by atoms with van der Waals surface area (Å²) < 4.78 is 3.86. The van der Waals surface area contributed by atoms with Crippen molar-refractivity contribution in [1.29, 1.82) is 0 Å². The predicted molar refractivity (Wildman–Crippen MR) is 80.3 cm³/mol. The molecule has 2 aromatic heterocycles. The zero-order valence-electron chi connectivity index (χ0n) is 12.2. The van der Waals surface area contributed by atoms with Crippen molar-refractivity contribution >= 4 is 12.2 Å². The molecule has 2 rings (SSSR count). The lowest BCUT2D eigenvalue weighted by molar-refractivity contribution is 0.558. The lowest BCUT2D eigenvalue weighted by Gasteiger charge is -2.11. The summed E-state index contributed by atoms with van der Waals surface area (Å²) in [4.78, 5) is 12.5. The van der Waals surface area contributed by atoms with Gasteiger partial charge < -0.3 is 0 Å². The fraction of sp³-hybridized carbons (Fsp3) is 0.538. The molecule has 0 aliphatic carbocycles. The van der Waals surface area contributed by atoms with Gasteiger partial charge in [0.05, 0.1) is 11.3 Å². The van der Waals surface area contributed by atoms with Crippen LogP contribution in [0.4, 0.5) is 0 Å². The second kappa shape index (κ2) is 5.70. The Morgan fingerprint density at radius 3 is 2.75 bits per heavy atom. The van der Waals surface area contributed by atoms with E-state index in [1.165, 1.54) is 4.68 Å². The number of H-pyrrole nitrogens is 1. The number of nitrogens with one attached hydrogen (secondary N) is 1. The van der Waals surface area contributed by atoms with E-state index in [1.54, 1.807) is 6.07 Å². The quantitative estimate of drug-likeness (QED) is 0.879. The summed E-state index contributed by atoms with van der Waals surface area (Å²) in [7, 11) is 0. The van der Waals surface area contributed by atoms with Gasteiger partial charge in [0.25, 0.3) is 5.56 Å². The Balaban J connectivity index is 2.71. The largest absolute Gasteiger partial charge is 0.297 e. The van der Waals surface area contributed by atoms with E-state index in [-0.39, 0.29) is 11.6 Å². The van der Waals surface area contributed by atoms with Gasteiger partial charge in [-0.25, -0.2) is 4.68 Å². The molecule has 0 radical (unpaired) electrons. The smallest absolute Gasteiger partial charge is 0.277 e. The molecule has 0 fully saturated rings. The van der Waals surface area contributed by atoms with Crippen LogP contribution in [0.3, 0.4) is 0 Å². The van der Waals surface area contributed by atoms with E-state index in [0.717, 1.165) is 12.1 Å². The first kappa shape index (κ1) is 14.6. The monoisotopic (exact) mass is 293 g/mol. The third-order valence-corrected chi connectivity index (χ3v) is 3.28. The third kappa shape index (κ3) is 2.58. The molecule has 0 saturated heterocycles. The average molecular weight is 293 g/mol. The van der Waals surface area contributed by atoms with Crippen LogP contribution in [0.2, 0.25) is 0 Å². The molecule has 0 atom stereocenters. The van der Waals surface area contributed by atoms with Gasteiger partial charge in [-0.05, 0) is 45.5 Å². The molecule has 0 aliphatic rings. The van der Waals surface area contributed by atoms with Crippen molar-refractivity contribution in [3.8, 4) is 11.4 Å². The van der Waals surface area contributed by atoms with Crippen molar-refractivity contribution in [2.45, 2.75) is 46.7 Å². The van der Waals surface area contributed by atoms with E-state index in [9.17, 15) is 4.79 Å². The third-order valence-electron chi connectivity index (χ3n) is 2.99. The maximum absolute atomic E-state index is 12.5. The molecular weight excluding hydrogens is 274 g/mol. The maximum Gasteiger partial charge on any atom is 0.277 e. The molecule has 0 aromatic carbocycles. The molecule has 0 amide bonds. The van der Waals surface area contributed by atoms with Crippen LogP contribution in [0.1, 0.15) is 38.9 Å². The Labute approximate surface area is 122 Å². The second-order valence-electron chi connectivity index (χ2n) is 5.04. The zero-order valence-corrected chi connectivity index (χ0v) is 13.0. The van der Waals surface area contributed by atoms with Crippen molar-refractivity contribution in [2.24, 2.45) is 0 Å². The Morgan fingerprint density at radius 1 is 1.45 bits per heavy atom. The van der Waals surface area contributed by atoms with Gasteiger partial charge in [0.2, 0.25) is 0 Å². The van der Waals surface area contributed by atoms with Crippen molar-refractivity contribution in [1.82, 2.24) is 24.5 Å². The molecule has 0 bridgehead atoms. The Bertz CT molecular complexity index is 725. The van der Waals surface area contributed by atoms with Crippen LogP contribution < -0.4 is 5.56 Å². The number of aromatic amines is 1. The minimum atomic E-state index is -0.131. The number of aromatic nitrogens is 5. The highest BCUT2D eigenvalue weighted by Crippen LogP contribution is 2.18. The van der Waals surface area contributed by atoms with Gasteiger partial charge in [0, 0.05) is 12.6 Å². The first-order valence-electron chi connectivity index (χ1n) is 6.71. The lowest BCUT2D eigenvalue weighted by Crippen LogP contribution is -2.26. The standard InChI is InChI=1S/C13H19N5OS/c1-5-6-17-12(19)10(7-9(4)16-17)11-14-15-13(20)18(11)8(2)3/h7-8H,5-6H2,1-4H3,(H,15,20). The number of aryl methyl sites for hydroxylation is 2. The van der Waals surface area contributed by atoms with Crippen LogP contribution in [-0.4, -0.2) is 24.5 Å². The topological polar surface area (TPSA) is 68.5 Å². The minimum absolute atomic E-state index is 0.128. The SMILES string of the molecule is CCCn1nc(C)cc(-c2n[nH]c(=S)n2C(C)C)c1=O. The van der Waals surface area contributed by atoms with Crippen LogP contribution in [0.5, 0.6) is 0 Å². The van der Waals surface area contributed by atoms with Crippen LogP contribution in [-0.2, 0) is 6.54 Å². The van der Waals surface area contributed by atoms with E-state index < -0.39 is 0 Å². The van der Waals surface area contributed by atoms with Crippen LogP contribution in [0.25, 0.3) is 11.4 Å². The zero-order chi connectivity index (χ0) is 14.9. The highest BCUT2D eigenvalue weighted by Gasteiger charge is 2.16. The van der Waals surface area contributed by atoms with Crippen molar-refractivity contribution in [2.75, 3.05) is 0 Å². The van der Waals surface area contributed by atoms with Gasteiger partial charge in [-0.15, -0.1) is 0 Å². The first-order valence-corrected chi connectivity index (χ1v) is 7.12. The van der Waals surface area contributed by atoms with Gasteiger partial charge in [0.15, 0.2) is 10.6 Å². The minimum Gasteiger partial charge on any atom is -0.297 e. The van der Waals surface area contributed by atoms with Crippen LogP contribution in [0, 0.1) is 11.7 Å². The summed E-state index contributed by atoms with van der Waals surface area (Å²) in [5, 5.41) is 11.2. The number of nitrogens with zero attached hydrogens (tertiary/aromatic N) is 4. The molecule has 6 nitrogen and oxygen atoms in total. The Kier molecular flexibility index (Phi) is 4.17. The van der Waals surface area contributed by atoms with E-state index >= 15 is 0 Å².